The van der Waals surface area contributed by atoms with Gasteiger partial charge in [-0.3, -0.25) is 0 Å². The molecule has 1 heterocycles. The second-order valence-electron chi connectivity index (χ2n) is 1.31. The Kier molecular flexibility index (Phi) is 12.4. The molecule has 3 nitrogen and oxygen atoms in total. The molecule has 0 bridgehead atoms. The number of nitrogens with two attached hydrogens (primary N) is 1. The van der Waals surface area contributed by atoms with Crippen molar-refractivity contribution >= 4 is 46.6 Å². The Morgan fingerprint density at radius 1 is 1.36 bits per heavy atom. The minimum atomic E-state index is 0. The Balaban J connectivity index is 0. The molecule has 0 fully saturated rings. The summed E-state index contributed by atoms with van der Waals surface area (Å²) in [6.07, 6.45) is 1.66. The standard InChI is InChI=1S/C5H6N2.Cl2O.Se/c6-5-3-1-2-4-7-5;1-3-2;/h1-4H,(H2,6,7);;. The van der Waals surface area contributed by atoms with Crippen LogP contribution in [0.2, 0.25) is 0 Å². The molecule has 0 aliphatic carbocycles. The Morgan fingerprint density at radius 3 is 2.09 bits per heavy atom. The van der Waals surface area contributed by atoms with Gasteiger partial charge in [-0.05, 0) is 12.1 Å². The summed E-state index contributed by atoms with van der Waals surface area (Å²) in [6, 6.07) is 5.43. The molecular formula is C5H6Cl2N2OSe. The zero-order valence-electron chi connectivity index (χ0n) is 5.41. The monoisotopic (exact) mass is 260 g/mol. The second kappa shape index (κ2) is 10.0. The average molecular weight is 260 g/mol. The smallest absolute Gasteiger partial charge is 0.123 e. The van der Waals surface area contributed by atoms with Crippen molar-refractivity contribution in [2.45, 2.75) is 0 Å². The number of nitrogens with zero attached hydrogens (tertiary/aromatic N) is 1. The van der Waals surface area contributed by atoms with Crippen molar-refractivity contribution in [3.05, 3.63) is 24.4 Å². The van der Waals surface area contributed by atoms with E-state index in [9.17, 15) is 0 Å². The Morgan fingerprint density at radius 2 is 1.91 bits per heavy atom. The van der Waals surface area contributed by atoms with Gasteiger partial charge in [-0.15, -0.1) is 0 Å². The summed E-state index contributed by atoms with van der Waals surface area (Å²) in [5.41, 5.74) is 5.25. The zero-order chi connectivity index (χ0) is 7.82. The maximum atomic E-state index is 5.25. The summed E-state index contributed by atoms with van der Waals surface area (Å²) in [7, 11) is 0. The van der Waals surface area contributed by atoms with Crippen LogP contribution in [0.25, 0.3) is 0 Å². The van der Waals surface area contributed by atoms with Crippen molar-refractivity contribution in [3.63, 3.8) is 0 Å². The predicted molar refractivity (Wildman–Crippen MR) is 47.2 cm³/mol. The Bertz CT molecular complexity index is 164. The molecule has 1 aromatic rings. The van der Waals surface area contributed by atoms with Crippen molar-refractivity contribution in [2.75, 3.05) is 5.73 Å². The van der Waals surface area contributed by atoms with Gasteiger partial charge in [0.05, 0.1) is 23.7 Å². The first kappa shape index (κ1) is 13.6. The topological polar surface area (TPSA) is 48.1 Å². The molecule has 0 spiro atoms. The predicted octanol–water partition coefficient (Wildman–Crippen LogP) is 1.59. The van der Waals surface area contributed by atoms with E-state index < -0.39 is 0 Å². The number of anilines is 1. The molecule has 62 valence electrons. The van der Waals surface area contributed by atoms with Crippen LogP contribution in [0, 0.1) is 0 Å². The van der Waals surface area contributed by atoms with Gasteiger partial charge in [0.1, 0.15) is 5.82 Å². The minimum absolute atomic E-state index is 0. The molecule has 0 aliphatic heterocycles. The number of pyridine rings is 1. The van der Waals surface area contributed by atoms with Crippen LogP contribution in [-0.2, 0) is 3.84 Å². The fourth-order valence-corrected chi connectivity index (χ4v) is 0.376. The maximum absolute atomic E-state index is 5.25. The molecule has 0 atom stereocenters. The normalized spacial score (nSPS) is 7.09. The van der Waals surface area contributed by atoms with Crippen molar-refractivity contribution in [2.24, 2.45) is 0 Å². The fraction of sp³-hybridized carbons (Fsp3) is 0. The summed E-state index contributed by atoms with van der Waals surface area (Å²) in [4.78, 5) is 3.76. The van der Waals surface area contributed by atoms with Crippen LogP contribution in [0.1, 0.15) is 0 Å². The van der Waals surface area contributed by atoms with Gasteiger partial charge in [0, 0.05) is 23.3 Å². The molecule has 0 aromatic carbocycles. The molecule has 0 unspecified atom stereocenters. The average Bonchev–Trinajstić information content (AvgIpc) is 1.91. The molecule has 0 saturated carbocycles. The van der Waals surface area contributed by atoms with Gasteiger partial charge in [0.25, 0.3) is 0 Å². The largest absolute Gasteiger partial charge is 0.384 e. The van der Waals surface area contributed by atoms with Gasteiger partial charge in [-0.2, -0.15) is 3.84 Å². The van der Waals surface area contributed by atoms with Gasteiger partial charge in [-0.1, -0.05) is 6.07 Å². The molecule has 2 N–H and O–H groups in total. The minimum Gasteiger partial charge on any atom is -0.384 e. The summed E-state index contributed by atoms with van der Waals surface area (Å²) >= 11 is 8.53. The van der Waals surface area contributed by atoms with E-state index in [2.05, 4.69) is 32.6 Å². The quantitative estimate of drug-likeness (QED) is 0.720. The van der Waals surface area contributed by atoms with E-state index in [0.29, 0.717) is 5.82 Å². The number of aromatic nitrogens is 1. The molecule has 11 heavy (non-hydrogen) atoms. The first-order valence-corrected chi connectivity index (χ1v) is 2.98. The zero-order valence-corrected chi connectivity index (χ0v) is 8.63. The molecule has 1 rings (SSSR count). The van der Waals surface area contributed by atoms with E-state index in [4.69, 9.17) is 5.73 Å². The van der Waals surface area contributed by atoms with Crippen LogP contribution in [0.15, 0.2) is 24.4 Å². The van der Waals surface area contributed by atoms with E-state index in [1.54, 1.807) is 12.3 Å². The van der Waals surface area contributed by atoms with Crippen molar-refractivity contribution < 1.29 is 3.84 Å². The van der Waals surface area contributed by atoms with Crippen LogP contribution in [-0.4, -0.2) is 22.1 Å². The van der Waals surface area contributed by atoms with E-state index in [0.717, 1.165) is 0 Å². The fourth-order valence-electron chi connectivity index (χ4n) is 0.376. The van der Waals surface area contributed by atoms with Crippen LogP contribution in [0.3, 0.4) is 0 Å². The van der Waals surface area contributed by atoms with E-state index in [1.165, 1.54) is 0 Å². The molecule has 0 saturated heterocycles. The number of hydrogen-bond acceptors (Lipinski definition) is 3. The van der Waals surface area contributed by atoms with Gasteiger partial charge >= 0.3 is 0 Å². The van der Waals surface area contributed by atoms with Crippen LogP contribution in [0.4, 0.5) is 5.82 Å². The molecular weight excluding hydrogens is 254 g/mol. The van der Waals surface area contributed by atoms with E-state index >= 15 is 0 Å². The summed E-state index contributed by atoms with van der Waals surface area (Å²) in [5.74, 6) is 0.572. The second-order valence-corrected chi connectivity index (χ2v) is 1.78. The molecule has 6 heteroatoms. The van der Waals surface area contributed by atoms with E-state index in [1.807, 2.05) is 12.1 Å². The summed E-state index contributed by atoms with van der Waals surface area (Å²) in [5, 5.41) is 0. The summed E-state index contributed by atoms with van der Waals surface area (Å²) in [6.45, 7) is 0. The van der Waals surface area contributed by atoms with Gasteiger partial charge < -0.3 is 5.73 Å². The number of hydrogen-bond donors (Lipinski definition) is 1. The van der Waals surface area contributed by atoms with E-state index in [-0.39, 0.29) is 17.1 Å². The Labute approximate surface area is 85.7 Å². The third kappa shape index (κ3) is 10.0. The number of rotatable bonds is 0. The van der Waals surface area contributed by atoms with Crippen LogP contribution in [0.5, 0.6) is 0 Å². The third-order valence-electron chi connectivity index (χ3n) is 0.688. The van der Waals surface area contributed by atoms with Gasteiger partial charge in [0.2, 0.25) is 0 Å². The molecule has 1 aromatic heterocycles. The third-order valence-corrected chi connectivity index (χ3v) is 0.688. The Hall–Kier alpha value is 0.00948. The summed E-state index contributed by atoms with van der Waals surface area (Å²) < 4.78 is 3.19. The van der Waals surface area contributed by atoms with Crippen molar-refractivity contribution in [1.29, 1.82) is 0 Å². The SMILES string of the molecule is ClOCl.Nc1ccccn1.[Se]. The first-order valence-electron chi connectivity index (χ1n) is 2.37. The van der Waals surface area contributed by atoms with Gasteiger partial charge in [-0.25, -0.2) is 4.98 Å². The molecule has 2 radical (unpaired) electrons. The van der Waals surface area contributed by atoms with Gasteiger partial charge in [0.15, 0.2) is 0 Å². The van der Waals surface area contributed by atoms with Crippen LogP contribution < -0.4 is 5.73 Å². The number of halogens is 2. The maximum Gasteiger partial charge on any atom is 0.123 e. The van der Waals surface area contributed by atoms with Crippen molar-refractivity contribution in [1.82, 2.24) is 4.98 Å². The van der Waals surface area contributed by atoms with Crippen LogP contribution >= 0.6 is 23.7 Å². The first-order chi connectivity index (χ1) is 4.81. The number of nitrogen functional groups attached to an aromatic ring is 1. The molecule has 0 aliphatic rings. The van der Waals surface area contributed by atoms with Crippen molar-refractivity contribution in [3.8, 4) is 0 Å². The molecule has 0 amide bonds.